The van der Waals surface area contributed by atoms with E-state index in [0.717, 1.165) is 24.5 Å². The maximum atomic E-state index is 13.0. The van der Waals surface area contributed by atoms with Gasteiger partial charge in [-0.05, 0) is 100 Å². The number of hydrogen-bond acceptors (Lipinski definition) is 15. The lowest BCUT2D eigenvalue weighted by molar-refractivity contribution is -0.172. The number of esters is 4. The van der Waals surface area contributed by atoms with E-state index < -0.39 is 66.9 Å². The molecule has 19 heteroatoms. The maximum Gasteiger partial charge on any atom is 0.509 e. The van der Waals surface area contributed by atoms with Crippen molar-refractivity contribution in [2.45, 2.75) is 98.2 Å². The van der Waals surface area contributed by atoms with Crippen LogP contribution in [0.25, 0.3) is 0 Å². The summed E-state index contributed by atoms with van der Waals surface area (Å²) in [4.78, 5) is 111. The molecule has 0 saturated carbocycles. The van der Waals surface area contributed by atoms with Crippen LogP contribution in [0.1, 0.15) is 105 Å². The average molecular weight is 1010 g/mol. The van der Waals surface area contributed by atoms with Crippen LogP contribution in [0.2, 0.25) is 0 Å². The Balaban J connectivity index is 1.29. The van der Waals surface area contributed by atoms with Gasteiger partial charge in [0.2, 0.25) is 0 Å². The van der Waals surface area contributed by atoms with E-state index in [2.05, 4.69) is 31.9 Å². The number of ketones is 2. The Labute approximate surface area is 404 Å². The molecule has 3 rings (SSSR count). The number of benzene rings is 3. The molecule has 0 spiro atoms. The van der Waals surface area contributed by atoms with E-state index in [1.807, 2.05) is 19.1 Å². The predicted octanol–water partition coefficient (Wildman–Crippen LogP) is 7.48. The number of halogens is 1. The largest absolute Gasteiger partial charge is 0.509 e. The number of urea groups is 1. The van der Waals surface area contributed by atoms with Crippen molar-refractivity contribution in [3.8, 4) is 0 Å². The number of hydrogen-bond donors (Lipinski definition) is 3. The van der Waals surface area contributed by atoms with E-state index in [1.165, 1.54) is 20.8 Å². The number of amides is 3. The SMILES string of the molecule is CCCC(=O)Cc1ccc(NC(=O)c2ccc(C(=O)Cc3ccc(NC(=O)NCCCCCOC(=O)C(C)OC(=O)C(C)OC(=O)OCC(C)(COC(C)=O)C(=O)OCCCBr)cc3)cc2)cc1. The molecular formula is C49H60BrN3O15. The van der Waals surface area contributed by atoms with Crippen molar-refractivity contribution in [1.29, 1.82) is 0 Å². The minimum atomic E-state index is -1.55. The number of anilines is 2. The highest BCUT2D eigenvalue weighted by atomic mass is 79.9. The lowest BCUT2D eigenvalue weighted by atomic mass is 9.93. The van der Waals surface area contributed by atoms with Crippen LogP contribution in [0, 0.1) is 5.41 Å². The van der Waals surface area contributed by atoms with Gasteiger partial charge in [0.25, 0.3) is 5.91 Å². The van der Waals surface area contributed by atoms with Crippen LogP contribution in [-0.2, 0) is 65.2 Å². The average Bonchev–Trinajstić information content (AvgIpc) is 3.31. The summed E-state index contributed by atoms with van der Waals surface area (Å²) in [7, 11) is 0. The molecule has 0 saturated heterocycles. The van der Waals surface area contributed by atoms with Crippen molar-refractivity contribution in [3.63, 3.8) is 0 Å². The second-order valence-corrected chi connectivity index (χ2v) is 16.8. The Morgan fingerprint density at radius 1 is 0.632 bits per heavy atom. The number of unbranched alkanes of at least 4 members (excludes halogenated alkanes) is 2. The number of carbonyl (C=O) groups is 9. The third-order valence-electron chi connectivity index (χ3n) is 9.87. The number of nitrogens with one attached hydrogen (secondary N) is 3. The van der Waals surface area contributed by atoms with Gasteiger partial charge in [0, 0.05) is 60.6 Å². The second kappa shape index (κ2) is 29.2. The molecule has 0 heterocycles. The molecule has 68 heavy (non-hydrogen) atoms. The molecule has 3 unspecified atom stereocenters. The van der Waals surface area contributed by atoms with E-state index >= 15 is 0 Å². The normalized spacial score (nSPS) is 12.4. The molecular weight excluding hydrogens is 950 g/mol. The van der Waals surface area contributed by atoms with Crippen molar-refractivity contribution in [3.05, 3.63) is 95.1 Å². The predicted molar refractivity (Wildman–Crippen MR) is 252 cm³/mol. The summed E-state index contributed by atoms with van der Waals surface area (Å²) < 4.78 is 30.3. The molecule has 0 radical (unpaired) electrons. The number of carbonyl (C=O) groups excluding carboxylic acids is 9. The topological polar surface area (TPSA) is 245 Å². The first-order valence-corrected chi connectivity index (χ1v) is 23.3. The Bertz CT molecular complexity index is 2180. The fourth-order valence-electron chi connectivity index (χ4n) is 5.95. The highest BCUT2D eigenvalue weighted by Gasteiger charge is 2.39. The van der Waals surface area contributed by atoms with Crippen LogP contribution < -0.4 is 16.0 Å². The van der Waals surface area contributed by atoms with Crippen LogP contribution in [0.5, 0.6) is 0 Å². The van der Waals surface area contributed by atoms with Crippen LogP contribution in [-0.4, -0.2) is 104 Å². The van der Waals surface area contributed by atoms with Crippen molar-refractivity contribution in [2.24, 2.45) is 5.41 Å². The van der Waals surface area contributed by atoms with Crippen LogP contribution >= 0.6 is 15.9 Å². The Hall–Kier alpha value is -6.63. The third kappa shape index (κ3) is 20.5. The Kier molecular flexibility index (Phi) is 23.9. The molecule has 18 nitrogen and oxygen atoms in total. The zero-order chi connectivity index (χ0) is 50.1. The Morgan fingerprint density at radius 3 is 1.82 bits per heavy atom. The fourth-order valence-corrected chi connectivity index (χ4v) is 6.18. The van der Waals surface area contributed by atoms with Gasteiger partial charge in [-0.15, -0.1) is 0 Å². The minimum Gasteiger partial charge on any atom is -0.465 e. The Morgan fingerprint density at radius 2 is 1.21 bits per heavy atom. The number of rotatable bonds is 28. The maximum absolute atomic E-state index is 13.0. The summed E-state index contributed by atoms with van der Waals surface area (Å²) >= 11 is 3.22. The standard InChI is InChI=1S/C49H60BrN3O15/c1-6-11-41(55)28-35-12-20-39(21-13-35)52-43(57)38-18-16-37(17-19-38)42(56)29-36-14-22-40(23-15-36)53-47(61)51-25-8-7-9-26-63-44(58)32(2)67-45(59)33(3)68-48(62)66-31-49(5,30-65-34(4)54)46(60)64-27-10-24-50/h12-23,32-33H,6-11,24-31H2,1-5H3,(H,52,57)(H2,51,53,61). The van der Waals surface area contributed by atoms with Crippen molar-refractivity contribution in [2.75, 3.05) is 48.9 Å². The molecule has 3 aromatic carbocycles. The van der Waals surface area contributed by atoms with Gasteiger partial charge < -0.3 is 44.4 Å². The number of Topliss-reactive ketones (excluding diaryl/α,β-unsaturated/α-hetero) is 2. The summed E-state index contributed by atoms with van der Waals surface area (Å²) in [5.41, 5.74) is 2.01. The molecule has 0 aliphatic carbocycles. The molecule has 3 aromatic rings. The lowest BCUT2D eigenvalue weighted by Crippen LogP contribution is -2.41. The van der Waals surface area contributed by atoms with E-state index in [1.54, 1.807) is 60.7 Å². The molecule has 3 N–H and O–H groups in total. The van der Waals surface area contributed by atoms with Crippen LogP contribution in [0.3, 0.4) is 0 Å². The first-order chi connectivity index (χ1) is 32.4. The monoisotopic (exact) mass is 1010 g/mol. The van der Waals surface area contributed by atoms with Gasteiger partial charge in [-0.3, -0.25) is 24.0 Å². The first-order valence-electron chi connectivity index (χ1n) is 22.2. The molecule has 3 atom stereocenters. The van der Waals surface area contributed by atoms with Gasteiger partial charge >= 0.3 is 36.1 Å². The van der Waals surface area contributed by atoms with E-state index in [9.17, 15) is 43.2 Å². The first kappa shape index (κ1) is 55.7. The third-order valence-corrected chi connectivity index (χ3v) is 10.4. The molecule has 0 aromatic heterocycles. The quantitative estimate of drug-likeness (QED) is 0.0210. The lowest BCUT2D eigenvalue weighted by Gasteiger charge is -2.26. The zero-order valence-corrected chi connectivity index (χ0v) is 40.6. The van der Waals surface area contributed by atoms with Gasteiger partial charge in [-0.25, -0.2) is 19.2 Å². The fraction of sp³-hybridized carbons (Fsp3) is 0.449. The van der Waals surface area contributed by atoms with Crippen molar-refractivity contribution in [1.82, 2.24) is 5.32 Å². The van der Waals surface area contributed by atoms with E-state index in [-0.39, 0.29) is 37.1 Å². The van der Waals surface area contributed by atoms with E-state index in [4.69, 9.17) is 28.4 Å². The molecule has 0 bridgehead atoms. The molecule has 368 valence electrons. The van der Waals surface area contributed by atoms with Gasteiger partial charge in [-0.1, -0.05) is 59.3 Å². The van der Waals surface area contributed by atoms with Crippen molar-refractivity contribution < 1.29 is 71.6 Å². The zero-order valence-electron chi connectivity index (χ0n) is 39.0. The van der Waals surface area contributed by atoms with Gasteiger partial charge in [0.15, 0.2) is 18.0 Å². The van der Waals surface area contributed by atoms with Gasteiger partial charge in [-0.2, -0.15) is 0 Å². The summed E-state index contributed by atoms with van der Waals surface area (Å²) in [5, 5.41) is 8.89. The smallest absolute Gasteiger partial charge is 0.465 e. The summed E-state index contributed by atoms with van der Waals surface area (Å²) in [6.07, 6.45) is -0.166. The molecule has 0 aliphatic rings. The summed E-state index contributed by atoms with van der Waals surface area (Å²) in [5.74, 6) is -3.62. The summed E-state index contributed by atoms with van der Waals surface area (Å²) in [6, 6.07) is 19.9. The van der Waals surface area contributed by atoms with Gasteiger partial charge in [0.05, 0.1) is 13.2 Å². The van der Waals surface area contributed by atoms with Crippen LogP contribution in [0.4, 0.5) is 21.0 Å². The van der Waals surface area contributed by atoms with Crippen LogP contribution in [0.15, 0.2) is 72.8 Å². The van der Waals surface area contributed by atoms with Crippen molar-refractivity contribution >= 4 is 80.8 Å². The number of alkyl halides is 1. The highest BCUT2D eigenvalue weighted by Crippen LogP contribution is 2.22. The number of ether oxygens (including phenoxy) is 6. The summed E-state index contributed by atoms with van der Waals surface area (Å²) in [6.45, 7) is 6.38. The highest BCUT2D eigenvalue weighted by molar-refractivity contribution is 9.09. The second-order valence-electron chi connectivity index (χ2n) is 16.0. The van der Waals surface area contributed by atoms with E-state index in [0.29, 0.717) is 72.9 Å². The molecule has 3 amide bonds. The van der Waals surface area contributed by atoms with Gasteiger partial charge in [0.1, 0.15) is 24.4 Å². The minimum absolute atomic E-state index is 0.0220. The molecule has 0 aliphatic heterocycles. The molecule has 0 fully saturated rings.